The summed E-state index contributed by atoms with van der Waals surface area (Å²) in [6, 6.07) is 38.0. The maximum atomic E-state index is 7.40. The SMILES string of the molecule is Bc1c(B)c(B)c(-c2c(B)c(B)c(B)c3c2oc2c(-c4nc(-c5ccc(-c6ccccc6)cc5)nc(-c5ccc(-c6ccccc6)cc5)n4)c(B)c(B)c(B)c23)c(B)c1B. The lowest BCUT2D eigenvalue weighted by Crippen LogP contribution is -2.56. The van der Waals surface area contributed by atoms with Gasteiger partial charge < -0.3 is 4.42 Å². The molecule has 9 aromatic rings. The van der Waals surface area contributed by atoms with E-state index in [1.54, 1.807) is 0 Å². The molecular formula is C45H40B11N3O. The van der Waals surface area contributed by atoms with Crippen molar-refractivity contribution in [3.8, 4) is 67.5 Å². The second kappa shape index (κ2) is 15.3. The van der Waals surface area contributed by atoms with Crippen molar-refractivity contribution in [1.29, 1.82) is 0 Å². The molecule has 0 aliphatic carbocycles. The molecule has 274 valence electrons. The molecule has 0 fully saturated rings. The topological polar surface area (TPSA) is 51.8 Å². The number of nitrogens with zero attached hydrogens (tertiary/aromatic N) is 3. The van der Waals surface area contributed by atoms with Gasteiger partial charge in [-0.05, 0) is 27.8 Å². The molecule has 0 bridgehead atoms. The van der Waals surface area contributed by atoms with Crippen molar-refractivity contribution in [3.63, 3.8) is 0 Å². The Kier molecular flexibility index (Phi) is 10.1. The molecule has 7 aromatic carbocycles. The van der Waals surface area contributed by atoms with Crippen LogP contribution in [0.15, 0.2) is 114 Å². The molecule has 4 nitrogen and oxygen atoms in total. The summed E-state index contributed by atoms with van der Waals surface area (Å²) in [6.07, 6.45) is 0. The number of furan rings is 1. The molecule has 15 heteroatoms. The quantitative estimate of drug-likeness (QED) is 0.159. The summed E-state index contributed by atoms with van der Waals surface area (Å²) in [4.78, 5) is 15.8. The van der Waals surface area contributed by atoms with E-state index in [-0.39, 0.29) is 0 Å². The average Bonchev–Trinajstić information content (AvgIpc) is 3.68. The largest absolute Gasteiger partial charge is 0.455 e. The van der Waals surface area contributed by atoms with Crippen LogP contribution in [0, 0.1) is 0 Å². The van der Waals surface area contributed by atoms with E-state index >= 15 is 0 Å². The van der Waals surface area contributed by atoms with Crippen molar-refractivity contribution >= 4 is 168 Å². The zero-order valence-corrected chi connectivity index (χ0v) is 36.6. The predicted octanol–water partition coefficient (Wildman–Crippen LogP) is -7.38. The van der Waals surface area contributed by atoms with Crippen LogP contribution in [0.4, 0.5) is 0 Å². The van der Waals surface area contributed by atoms with Gasteiger partial charge in [-0.1, -0.05) is 153 Å². The van der Waals surface area contributed by atoms with E-state index in [0.717, 1.165) is 49.8 Å². The minimum absolute atomic E-state index is 0.598. The fourth-order valence-electron chi connectivity index (χ4n) is 9.23. The molecule has 60 heavy (non-hydrogen) atoms. The van der Waals surface area contributed by atoms with Crippen LogP contribution in [0.5, 0.6) is 0 Å². The third-order valence-electron chi connectivity index (χ3n) is 13.7. The van der Waals surface area contributed by atoms with Gasteiger partial charge in [-0.2, -0.15) is 0 Å². The molecule has 0 saturated carbocycles. The Morgan fingerprint density at radius 3 is 1.00 bits per heavy atom. The first-order valence-electron chi connectivity index (χ1n) is 21.0. The van der Waals surface area contributed by atoms with Crippen molar-refractivity contribution in [1.82, 2.24) is 15.0 Å². The van der Waals surface area contributed by atoms with E-state index in [9.17, 15) is 0 Å². The first-order valence-corrected chi connectivity index (χ1v) is 21.0. The lowest BCUT2D eigenvalue weighted by molar-refractivity contribution is 0.671. The van der Waals surface area contributed by atoms with Gasteiger partial charge >= 0.3 is 0 Å². The second-order valence-corrected chi connectivity index (χ2v) is 16.7. The van der Waals surface area contributed by atoms with E-state index in [1.165, 1.54) is 82.3 Å². The highest BCUT2D eigenvalue weighted by atomic mass is 16.3. The van der Waals surface area contributed by atoms with Crippen molar-refractivity contribution < 1.29 is 4.42 Å². The third-order valence-corrected chi connectivity index (χ3v) is 13.7. The Balaban J connectivity index is 1.33. The summed E-state index contributed by atoms with van der Waals surface area (Å²) in [5, 5.41) is 2.30. The van der Waals surface area contributed by atoms with Gasteiger partial charge in [0.25, 0.3) is 0 Å². The molecule has 0 radical (unpaired) electrons. The number of hydrogen-bond donors (Lipinski definition) is 0. The van der Waals surface area contributed by atoms with Crippen molar-refractivity contribution in [3.05, 3.63) is 109 Å². The summed E-state index contributed by atoms with van der Waals surface area (Å²) in [5.41, 5.74) is 25.5. The summed E-state index contributed by atoms with van der Waals surface area (Å²) in [6.45, 7) is 0. The van der Waals surface area contributed by atoms with Gasteiger partial charge in [-0.3, -0.25) is 0 Å². The molecule has 0 saturated heterocycles. The van der Waals surface area contributed by atoms with Gasteiger partial charge in [-0.15, -0.1) is 16.4 Å². The molecule has 0 atom stereocenters. The smallest absolute Gasteiger partial charge is 0.167 e. The molecule has 0 amide bonds. The van der Waals surface area contributed by atoms with E-state index < -0.39 is 0 Å². The Bertz CT molecular complexity index is 3060. The Morgan fingerprint density at radius 2 is 0.567 bits per heavy atom. The zero-order chi connectivity index (χ0) is 42.1. The molecule has 0 spiro atoms. The number of rotatable bonds is 6. The van der Waals surface area contributed by atoms with Gasteiger partial charge in [0.15, 0.2) is 17.5 Å². The molecule has 0 aliphatic rings. The monoisotopic (exact) mass is 759 g/mol. The van der Waals surface area contributed by atoms with Crippen LogP contribution >= 0.6 is 0 Å². The lowest BCUT2D eigenvalue weighted by atomic mass is 9.58. The van der Waals surface area contributed by atoms with Gasteiger partial charge in [-0.25, -0.2) is 15.0 Å². The van der Waals surface area contributed by atoms with Crippen LogP contribution in [-0.4, -0.2) is 101 Å². The van der Waals surface area contributed by atoms with Crippen LogP contribution in [0.25, 0.3) is 89.5 Å². The average molecular weight is 758 g/mol. The first-order chi connectivity index (χ1) is 28.8. The van der Waals surface area contributed by atoms with Crippen molar-refractivity contribution in [2.75, 3.05) is 0 Å². The molecule has 9 rings (SSSR count). The fraction of sp³-hybridized carbons (Fsp3) is 0. The summed E-state index contributed by atoms with van der Waals surface area (Å²) >= 11 is 0. The normalized spacial score (nSPS) is 11.4. The van der Waals surface area contributed by atoms with Crippen LogP contribution in [0.3, 0.4) is 0 Å². The number of fused-ring (bicyclic) bond motifs is 3. The highest BCUT2D eigenvalue weighted by Gasteiger charge is 2.28. The fourth-order valence-corrected chi connectivity index (χ4v) is 9.23. The van der Waals surface area contributed by atoms with E-state index in [2.05, 4.69) is 183 Å². The van der Waals surface area contributed by atoms with Gasteiger partial charge in [0.2, 0.25) is 0 Å². The van der Waals surface area contributed by atoms with Gasteiger partial charge in [0.05, 0.1) is 5.56 Å². The number of benzene rings is 7. The molecule has 0 N–H and O–H groups in total. The second-order valence-electron chi connectivity index (χ2n) is 16.7. The van der Waals surface area contributed by atoms with E-state index in [1.807, 2.05) is 12.1 Å². The standard InChI is InChI=1S/C45H40B11N3O/c46-30-25(31(47)39(55)40(56)38(30)54)26-32(48)36(52)33(49)27-28-34(50)37(53)35(51)29(42(28)60-41(26)27)45-58-43(23-15-11-21(12-16-23)19-7-3-1-4-8-19)57-44(59-45)24-17-13-22(14-18-24)20-9-5-2-6-10-20/h1-18H,46-56H2. The Hall–Kier alpha value is -5.94. The summed E-state index contributed by atoms with van der Waals surface area (Å²) in [5.74, 6) is 1.83. The minimum atomic E-state index is 0.598. The highest BCUT2D eigenvalue weighted by molar-refractivity contribution is 6.71. The van der Waals surface area contributed by atoms with E-state index in [0.29, 0.717) is 17.5 Å². The van der Waals surface area contributed by atoms with Gasteiger partial charge in [0, 0.05) is 27.5 Å². The molecule has 0 unspecified atom stereocenters. The minimum Gasteiger partial charge on any atom is -0.455 e. The van der Waals surface area contributed by atoms with Crippen LogP contribution < -0.4 is 60.1 Å². The number of hydrogen-bond acceptors (Lipinski definition) is 4. The van der Waals surface area contributed by atoms with Crippen LogP contribution in [0.2, 0.25) is 0 Å². The molecule has 2 heterocycles. The Labute approximate surface area is 362 Å². The maximum Gasteiger partial charge on any atom is 0.167 e. The van der Waals surface area contributed by atoms with Crippen LogP contribution in [-0.2, 0) is 0 Å². The van der Waals surface area contributed by atoms with E-state index in [4.69, 9.17) is 19.4 Å². The van der Waals surface area contributed by atoms with Gasteiger partial charge in [0.1, 0.15) is 97.5 Å². The molecule has 2 aromatic heterocycles. The summed E-state index contributed by atoms with van der Waals surface area (Å²) in [7, 11) is 24.7. The Morgan fingerprint density at radius 1 is 0.267 bits per heavy atom. The summed E-state index contributed by atoms with van der Waals surface area (Å²) < 4.78 is 7.40. The molecule has 0 aliphatic heterocycles. The molecular weight excluding hydrogens is 717 g/mol. The maximum absolute atomic E-state index is 7.40. The number of aromatic nitrogens is 3. The first kappa shape index (κ1) is 39.5. The highest BCUT2D eigenvalue weighted by Crippen LogP contribution is 2.36. The predicted molar refractivity (Wildman–Crippen MR) is 290 cm³/mol. The van der Waals surface area contributed by atoms with Crippen molar-refractivity contribution in [2.45, 2.75) is 0 Å². The van der Waals surface area contributed by atoms with Crippen molar-refractivity contribution in [2.24, 2.45) is 0 Å². The van der Waals surface area contributed by atoms with Crippen LogP contribution in [0.1, 0.15) is 0 Å². The third kappa shape index (κ3) is 6.36. The zero-order valence-electron chi connectivity index (χ0n) is 36.6. The lowest BCUT2D eigenvalue weighted by Gasteiger charge is -2.23.